The van der Waals surface area contributed by atoms with Gasteiger partial charge in [0.1, 0.15) is 5.75 Å². The van der Waals surface area contributed by atoms with Crippen LogP contribution in [-0.4, -0.2) is 23.0 Å². The molecule has 1 aliphatic rings. The van der Waals surface area contributed by atoms with Crippen molar-refractivity contribution in [3.8, 4) is 17.2 Å². The average molecular weight is 284 g/mol. The Morgan fingerprint density at radius 2 is 1.95 bits per heavy atom. The molecule has 0 spiro atoms. The number of aromatic hydroxyl groups is 2. The Hall–Kier alpha value is -2.69. The molecule has 0 saturated heterocycles. The summed E-state index contributed by atoms with van der Waals surface area (Å²) in [5.74, 6) is 0.766. The first-order chi connectivity index (χ1) is 10.2. The molecule has 0 amide bonds. The highest BCUT2D eigenvalue weighted by atomic mass is 16.5. The monoisotopic (exact) mass is 284 g/mol. The van der Waals surface area contributed by atoms with Crippen LogP contribution in [0.25, 0.3) is 0 Å². The van der Waals surface area contributed by atoms with Crippen LogP contribution in [-0.2, 0) is 0 Å². The summed E-state index contributed by atoms with van der Waals surface area (Å²) < 4.78 is 5.04. The topological polar surface area (TPSA) is 74.1 Å². The van der Waals surface area contributed by atoms with Crippen LogP contribution < -0.4 is 10.2 Å². The highest BCUT2D eigenvalue weighted by molar-refractivity contribution is 6.03. The van der Waals surface area contributed by atoms with Crippen molar-refractivity contribution in [2.24, 2.45) is 5.10 Å². The van der Waals surface area contributed by atoms with E-state index in [1.54, 1.807) is 24.3 Å². The van der Waals surface area contributed by atoms with Gasteiger partial charge in [0.25, 0.3) is 0 Å². The van der Waals surface area contributed by atoms with E-state index in [1.807, 2.05) is 18.2 Å². The van der Waals surface area contributed by atoms with Crippen molar-refractivity contribution >= 4 is 5.71 Å². The van der Waals surface area contributed by atoms with Gasteiger partial charge in [0.2, 0.25) is 0 Å². The molecule has 5 nitrogen and oxygen atoms in total. The summed E-state index contributed by atoms with van der Waals surface area (Å²) in [5, 5.41) is 24.0. The highest BCUT2D eigenvalue weighted by Crippen LogP contribution is 2.33. The number of ether oxygens (including phenoxy) is 1. The van der Waals surface area contributed by atoms with Gasteiger partial charge in [-0.1, -0.05) is 18.2 Å². The number of hydrazone groups is 1. The van der Waals surface area contributed by atoms with Gasteiger partial charge < -0.3 is 20.4 Å². The Balaban J connectivity index is 1.80. The van der Waals surface area contributed by atoms with Crippen molar-refractivity contribution < 1.29 is 14.9 Å². The lowest BCUT2D eigenvalue weighted by Gasteiger charge is -2.12. The molecule has 1 heterocycles. The molecule has 21 heavy (non-hydrogen) atoms. The molecule has 1 atom stereocenters. The van der Waals surface area contributed by atoms with Gasteiger partial charge in [-0.15, -0.1) is 0 Å². The van der Waals surface area contributed by atoms with E-state index < -0.39 is 0 Å². The fraction of sp³-hybridized carbons (Fsp3) is 0.188. The molecule has 1 unspecified atom stereocenters. The van der Waals surface area contributed by atoms with Gasteiger partial charge in [-0.3, -0.25) is 0 Å². The van der Waals surface area contributed by atoms with E-state index in [1.165, 1.54) is 7.11 Å². The zero-order valence-electron chi connectivity index (χ0n) is 11.6. The zero-order valence-corrected chi connectivity index (χ0v) is 11.6. The maximum atomic E-state index is 9.88. The van der Waals surface area contributed by atoms with Crippen LogP contribution in [0.5, 0.6) is 17.2 Å². The molecule has 108 valence electrons. The predicted molar refractivity (Wildman–Crippen MR) is 79.8 cm³/mol. The van der Waals surface area contributed by atoms with E-state index in [0.717, 1.165) is 16.8 Å². The van der Waals surface area contributed by atoms with E-state index >= 15 is 0 Å². The molecule has 1 aliphatic heterocycles. The summed E-state index contributed by atoms with van der Waals surface area (Å²) in [6.45, 7) is 0. The largest absolute Gasteiger partial charge is 0.507 e. The van der Waals surface area contributed by atoms with Crippen LogP contribution in [0.3, 0.4) is 0 Å². The van der Waals surface area contributed by atoms with Gasteiger partial charge in [-0.05, 0) is 29.8 Å². The van der Waals surface area contributed by atoms with E-state index in [-0.39, 0.29) is 17.5 Å². The maximum absolute atomic E-state index is 9.88. The number of phenolic OH excluding ortho intramolecular Hbond substituents is 2. The molecule has 0 saturated carbocycles. The minimum absolute atomic E-state index is 0.0311. The summed E-state index contributed by atoms with van der Waals surface area (Å²) in [7, 11) is 1.52. The van der Waals surface area contributed by atoms with Crippen molar-refractivity contribution in [3.05, 3.63) is 53.6 Å². The molecule has 0 fully saturated rings. The second kappa shape index (κ2) is 5.36. The first-order valence-electron chi connectivity index (χ1n) is 6.66. The van der Waals surface area contributed by atoms with Gasteiger partial charge in [0, 0.05) is 12.0 Å². The number of methoxy groups -OCH3 is 1. The summed E-state index contributed by atoms with van der Waals surface area (Å²) in [6, 6.07) is 12.4. The Kier molecular flexibility index (Phi) is 3.39. The first kappa shape index (κ1) is 13.3. The molecule has 0 aliphatic carbocycles. The second-order valence-corrected chi connectivity index (χ2v) is 4.89. The van der Waals surface area contributed by atoms with Crippen LogP contribution in [0.4, 0.5) is 0 Å². The lowest BCUT2D eigenvalue weighted by molar-refractivity contribution is 0.372. The first-order valence-corrected chi connectivity index (χ1v) is 6.66. The van der Waals surface area contributed by atoms with Gasteiger partial charge >= 0.3 is 0 Å². The molecule has 3 rings (SSSR count). The number of rotatable bonds is 3. The minimum Gasteiger partial charge on any atom is -0.507 e. The standard InChI is InChI=1S/C16H16N2O3/c1-21-16-7-6-10(8-15(16)20)12-9-13(18-17-12)11-4-2-3-5-14(11)19/h2-8,12,17,19-20H,9H2,1H3. The third-order valence-corrected chi connectivity index (χ3v) is 3.57. The fourth-order valence-corrected chi connectivity index (χ4v) is 2.44. The molecule has 0 radical (unpaired) electrons. The molecule has 2 aromatic rings. The van der Waals surface area contributed by atoms with Crippen molar-refractivity contribution in [2.75, 3.05) is 7.11 Å². The molecule has 0 aromatic heterocycles. The SMILES string of the molecule is COc1ccc(C2CC(c3ccccc3O)=NN2)cc1O. The quantitative estimate of drug-likeness (QED) is 0.809. The van der Waals surface area contributed by atoms with E-state index in [9.17, 15) is 10.2 Å². The summed E-state index contributed by atoms with van der Waals surface area (Å²) in [4.78, 5) is 0. The van der Waals surface area contributed by atoms with Gasteiger partial charge in [0.15, 0.2) is 11.5 Å². The average Bonchev–Trinajstić information content (AvgIpc) is 2.97. The smallest absolute Gasteiger partial charge is 0.160 e. The zero-order chi connectivity index (χ0) is 14.8. The van der Waals surface area contributed by atoms with Crippen molar-refractivity contribution in [3.63, 3.8) is 0 Å². The normalized spacial score (nSPS) is 17.2. The predicted octanol–water partition coefficient (Wildman–Crippen LogP) is 2.55. The third kappa shape index (κ3) is 2.50. The molecule has 2 aromatic carbocycles. The Morgan fingerprint density at radius 3 is 2.67 bits per heavy atom. The van der Waals surface area contributed by atoms with Crippen LogP contribution in [0.15, 0.2) is 47.6 Å². The second-order valence-electron chi connectivity index (χ2n) is 4.89. The molecular formula is C16H16N2O3. The molecule has 0 bridgehead atoms. The summed E-state index contributed by atoms with van der Waals surface area (Å²) >= 11 is 0. The highest BCUT2D eigenvalue weighted by Gasteiger charge is 2.23. The molecular weight excluding hydrogens is 268 g/mol. The van der Waals surface area contributed by atoms with Gasteiger partial charge in [-0.25, -0.2) is 0 Å². The number of phenols is 2. The van der Waals surface area contributed by atoms with E-state index in [4.69, 9.17) is 4.74 Å². The van der Waals surface area contributed by atoms with E-state index in [2.05, 4.69) is 10.5 Å². The van der Waals surface area contributed by atoms with Gasteiger partial charge in [0.05, 0.1) is 18.9 Å². The summed E-state index contributed by atoms with van der Waals surface area (Å²) in [6.07, 6.45) is 0.642. The Labute approximate surface area is 122 Å². The van der Waals surface area contributed by atoms with Crippen molar-refractivity contribution in [2.45, 2.75) is 12.5 Å². The lowest BCUT2D eigenvalue weighted by atomic mass is 9.98. The maximum Gasteiger partial charge on any atom is 0.160 e. The van der Waals surface area contributed by atoms with Crippen LogP contribution >= 0.6 is 0 Å². The number of hydrogen-bond acceptors (Lipinski definition) is 5. The number of nitrogens with zero attached hydrogens (tertiary/aromatic N) is 1. The minimum atomic E-state index is -0.0311. The third-order valence-electron chi connectivity index (χ3n) is 3.57. The molecule has 3 N–H and O–H groups in total. The number of nitrogens with one attached hydrogen (secondary N) is 1. The summed E-state index contributed by atoms with van der Waals surface area (Å²) in [5.41, 5.74) is 5.48. The van der Waals surface area contributed by atoms with Gasteiger partial charge in [-0.2, -0.15) is 5.10 Å². The molecule has 5 heteroatoms. The Bertz CT molecular complexity index is 698. The van der Waals surface area contributed by atoms with Crippen LogP contribution in [0.1, 0.15) is 23.6 Å². The fourth-order valence-electron chi connectivity index (χ4n) is 2.44. The number of hydrogen-bond donors (Lipinski definition) is 3. The lowest BCUT2D eigenvalue weighted by Crippen LogP contribution is -2.09. The van der Waals surface area contributed by atoms with Crippen molar-refractivity contribution in [1.82, 2.24) is 5.43 Å². The number of benzene rings is 2. The number of para-hydroxylation sites is 1. The Morgan fingerprint density at radius 1 is 1.14 bits per heavy atom. The van der Waals surface area contributed by atoms with Crippen LogP contribution in [0.2, 0.25) is 0 Å². The van der Waals surface area contributed by atoms with Crippen molar-refractivity contribution in [1.29, 1.82) is 0 Å². The van der Waals surface area contributed by atoms with Crippen LogP contribution in [0, 0.1) is 0 Å². The van der Waals surface area contributed by atoms with E-state index in [0.29, 0.717) is 12.2 Å².